The van der Waals surface area contributed by atoms with E-state index in [0.717, 1.165) is 18.8 Å². The first-order valence-electron chi connectivity index (χ1n) is 9.22. The van der Waals surface area contributed by atoms with Crippen molar-refractivity contribution < 1.29 is 22.7 Å². The number of urea groups is 1. The summed E-state index contributed by atoms with van der Waals surface area (Å²) in [5.74, 6) is -1.39. The molecule has 0 bridgehead atoms. The van der Waals surface area contributed by atoms with Gasteiger partial charge in [0.05, 0.1) is 19.1 Å². The van der Waals surface area contributed by atoms with Crippen LogP contribution in [0.4, 0.5) is 29.3 Å². The highest BCUT2D eigenvalue weighted by atomic mass is 19.4. The number of hydrogen-bond donors (Lipinski definition) is 1. The zero-order valence-corrected chi connectivity index (χ0v) is 15.7. The topological polar surface area (TPSA) is 44.8 Å². The minimum atomic E-state index is -4.24. The van der Waals surface area contributed by atoms with E-state index < -0.39 is 17.5 Å². The van der Waals surface area contributed by atoms with Crippen molar-refractivity contribution >= 4 is 17.4 Å². The number of ether oxygens (including phenoxy) is 1. The van der Waals surface area contributed by atoms with Crippen LogP contribution in [0.25, 0.3) is 0 Å². The molecular formula is C19H26F3N3O2. The Morgan fingerprint density at radius 2 is 1.93 bits per heavy atom. The van der Waals surface area contributed by atoms with Crippen LogP contribution in [0.5, 0.6) is 0 Å². The smallest absolute Gasteiger partial charge is 0.378 e. The second kappa shape index (κ2) is 7.58. The lowest BCUT2D eigenvalue weighted by molar-refractivity contribution is -0.214. The highest BCUT2D eigenvalue weighted by Gasteiger charge is 2.51. The molecule has 2 fully saturated rings. The molecule has 5 nitrogen and oxygen atoms in total. The normalized spacial score (nSPS) is 23.2. The number of rotatable bonds is 2. The molecule has 0 saturated carbocycles. The fourth-order valence-electron chi connectivity index (χ4n) is 3.94. The predicted octanol–water partition coefficient (Wildman–Crippen LogP) is 3.97. The third kappa shape index (κ3) is 4.66. The molecule has 8 heteroatoms. The number of morpholine rings is 1. The zero-order valence-electron chi connectivity index (χ0n) is 15.7. The Kier molecular flexibility index (Phi) is 5.55. The van der Waals surface area contributed by atoms with Crippen molar-refractivity contribution in [1.29, 1.82) is 0 Å². The van der Waals surface area contributed by atoms with E-state index in [2.05, 4.69) is 10.2 Å². The monoisotopic (exact) mass is 385 g/mol. The van der Waals surface area contributed by atoms with E-state index in [0.29, 0.717) is 18.9 Å². The summed E-state index contributed by atoms with van der Waals surface area (Å²) >= 11 is 0. The van der Waals surface area contributed by atoms with E-state index in [1.54, 1.807) is 19.9 Å². The predicted molar refractivity (Wildman–Crippen MR) is 98.0 cm³/mol. The first-order chi connectivity index (χ1) is 12.7. The summed E-state index contributed by atoms with van der Waals surface area (Å²) in [5, 5.41) is 2.83. The van der Waals surface area contributed by atoms with Crippen LogP contribution in [-0.2, 0) is 4.74 Å². The molecule has 2 amide bonds. The van der Waals surface area contributed by atoms with Crippen molar-refractivity contribution in [2.45, 2.75) is 26.4 Å². The number of carbonyl (C=O) groups excluding carboxylic acids is 1. The second-order valence-electron chi connectivity index (χ2n) is 7.87. The van der Waals surface area contributed by atoms with Crippen LogP contribution in [0, 0.1) is 11.3 Å². The van der Waals surface area contributed by atoms with Crippen molar-refractivity contribution in [2.75, 3.05) is 49.6 Å². The van der Waals surface area contributed by atoms with Gasteiger partial charge in [0.2, 0.25) is 0 Å². The molecule has 1 atom stereocenters. The summed E-state index contributed by atoms with van der Waals surface area (Å²) in [5.41, 5.74) is 0.621. The number of hydrogen-bond acceptors (Lipinski definition) is 3. The van der Waals surface area contributed by atoms with E-state index in [-0.39, 0.29) is 25.5 Å². The Bertz CT molecular complexity index is 672. The van der Waals surface area contributed by atoms with Crippen molar-refractivity contribution in [2.24, 2.45) is 11.3 Å². The van der Waals surface area contributed by atoms with E-state index in [9.17, 15) is 18.0 Å². The minimum absolute atomic E-state index is 0.0717. The molecule has 0 unspecified atom stereocenters. The second-order valence-corrected chi connectivity index (χ2v) is 7.87. The third-order valence-corrected chi connectivity index (χ3v) is 5.39. The molecule has 1 aromatic carbocycles. The van der Waals surface area contributed by atoms with E-state index in [1.165, 1.54) is 4.90 Å². The van der Waals surface area contributed by atoms with Gasteiger partial charge in [0.1, 0.15) is 0 Å². The molecular weight excluding hydrogens is 359 g/mol. The van der Waals surface area contributed by atoms with Gasteiger partial charge in [0.15, 0.2) is 0 Å². The molecule has 1 N–H and O–H groups in total. The molecule has 27 heavy (non-hydrogen) atoms. The number of nitrogens with one attached hydrogen (secondary N) is 1. The quantitative estimate of drug-likeness (QED) is 0.838. The van der Waals surface area contributed by atoms with Crippen molar-refractivity contribution in [3.05, 3.63) is 24.3 Å². The molecule has 3 rings (SSSR count). The first-order valence-corrected chi connectivity index (χ1v) is 9.22. The molecule has 2 aliphatic heterocycles. The van der Waals surface area contributed by atoms with Crippen LogP contribution in [0.1, 0.15) is 20.3 Å². The first kappa shape index (κ1) is 19.8. The van der Waals surface area contributed by atoms with Gasteiger partial charge in [-0.25, -0.2) is 4.79 Å². The number of alkyl halides is 3. The largest absolute Gasteiger partial charge is 0.392 e. The standard InChI is InChI=1S/C19H26F3N3O2/c1-18(2)13-25(7-6-16(18)19(20,21)22)17(26)23-14-4-3-5-15(12-14)24-8-10-27-11-9-24/h3-5,12,16H,6-11,13H2,1-2H3,(H,23,26)/t16-/m0/s1. The number of carbonyl (C=O) groups is 1. The van der Waals surface area contributed by atoms with Gasteiger partial charge in [-0.1, -0.05) is 19.9 Å². The van der Waals surface area contributed by atoms with Gasteiger partial charge in [-0.15, -0.1) is 0 Å². The van der Waals surface area contributed by atoms with Gasteiger partial charge in [-0.05, 0) is 30.0 Å². The van der Waals surface area contributed by atoms with Crippen LogP contribution in [0.15, 0.2) is 24.3 Å². The van der Waals surface area contributed by atoms with Crippen LogP contribution >= 0.6 is 0 Å². The van der Waals surface area contributed by atoms with E-state index >= 15 is 0 Å². The van der Waals surface area contributed by atoms with Crippen LogP contribution < -0.4 is 10.2 Å². The average Bonchev–Trinajstić information content (AvgIpc) is 2.60. The lowest BCUT2D eigenvalue weighted by Gasteiger charge is -2.44. The van der Waals surface area contributed by atoms with E-state index in [1.807, 2.05) is 18.2 Å². The van der Waals surface area contributed by atoms with Gasteiger partial charge in [0, 0.05) is 37.6 Å². The highest BCUT2D eigenvalue weighted by molar-refractivity contribution is 5.90. The van der Waals surface area contributed by atoms with Crippen LogP contribution in [-0.4, -0.2) is 56.5 Å². The van der Waals surface area contributed by atoms with Gasteiger partial charge < -0.3 is 19.9 Å². The maximum absolute atomic E-state index is 13.2. The number of halogens is 3. The number of piperidine rings is 1. The van der Waals surface area contributed by atoms with Crippen molar-refractivity contribution in [3.8, 4) is 0 Å². The Morgan fingerprint density at radius 1 is 1.22 bits per heavy atom. The number of anilines is 2. The molecule has 2 aliphatic rings. The highest BCUT2D eigenvalue weighted by Crippen LogP contribution is 2.45. The van der Waals surface area contributed by atoms with Crippen molar-refractivity contribution in [3.63, 3.8) is 0 Å². The minimum Gasteiger partial charge on any atom is -0.378 e. The summed E-state index contributed by atoms with van der Waals surface area (Å²) < 4.78 is 45.0. The summed E-state index contributed by atoms with van der Waals surface area (Å²) in [6.07, 6.45) is -4.31. The number of likely N-dealkylation sites (tertiary alicyclic amines) is 1. The Hall–Kier alpha value is -1.96. The number of benzene rings is 1. The number of amides is 2. The van der Waals surface area contributed by atoms with Gasteiger partial charge >= 0.3 is 12.2 Å². The van der Waals surface area contributed by atoms with Crippen LogP contribution in [0.3, 0.4) is 0 Å². The van der Waals surface area contributed by atoms with Crippen molar-refractivity contribution in [1.82, 2.24) is 4.90 Å². The fraction of sp³-hybridized carbons (Fsp3) is 0.632. The SMILES string of the molecule is CC1(C)CN(C(=O)Nc2cccc(N3CCOCC3)c2)CC[C@@H]1C(F)(F)F. The summed E-state index contributed by atoms with van der Waals surface area (Å²) in [6, 6.07) is 7.15. The lowest BCUT2D eigenvalue weighted by Crippen LogP contribution is -2.53. The molecule has 150 valence electrons. The van der Waals surface area contributed by atoms with E-state index in [4.69, 9.17) is 4.74 Å². The van der Waals surface area contributed by atoms with Gasteiger partial charge in [-0.3, -0.25) is 0 Å². The summed E-state index contributed by atoms with van der Waals surface area (Å²) in [6.45, 7) is 6.23. The molecule has 0 radical (unpaired) electrons. The third-order valence-electron chi connectivity index (χ3n) is 5.39. The molecule has 0 aliphatic carbocycles. The maximum atomic E-state index is 13.2. The molecule has 0 aromatic heterocycles. The Morgan fingerprint density at radius 3 is 2.56 bits per heavy atom. The zero-order chi connectivity index (χ0) is 19.7. The lowest BCUT2D eigenvalue weighted by atomic mass is 9.73. The molecule has 1 aromatic rings. The fourth-order valence-corrected chi connectivity index (χ4v) is 3.94. The van der Waals surface area contributed by atoms with Crippen LogP contribution in [0.2, 0.25) is 0 Å². The molecule has 0 spiro atoms. The summed E-state index contributed by atoms with van der Waals surface area (Å²) in [4.78, 5) is 16.3. The molecule has 2 saturated heterocycles. The number of nitrogens with zero attached hydrogens (tertiary/aromatic N) is 2. The Balaban J connectivity index is 1.64. The van der Waals surface area contributed by atoms with Gasteiger partial charge in [-0.2, -0.15) is 13.2 Å². The van der Waals surface area contributed by atoms with Gasteiger partial charge in [0.25, 0.3) is 0 Å². The molecule has 2 heterocycles. The summed E-state index contributed by atoms with van der Waals surface area (Å²) in [7, 11) is 0. The Labute approximate surface area is 157 Å². The maximum Gasteiger partial charge on any atom is 0.392 e. The average molecular weight is 385 g/mol.